The third kappa shape index (κ3) is 1.70. The zero-order valence-electron chi connectivity index (χ0n) is 9.09. The average Bonchev–Trinajstić information content (AvgIpc) is 2.77. The quantitative estimate of drug-likeness (QED) is 0.661. The predicted octanol–water partition coefficient (Wildman–Crippen LogP) is 2.07. The number of hydrogen-bond donors (Lipinski definition) is 0. The second kappa shape index (κ2) is 3.85. The van der Waals surface area contributed by atoms with Crippen molar-refractivity contribution in [2.24, 2.45) is 0 Å². The van der Waals surface area contributed by atoms with E-state index in [1.54, 1.807) is 6.56 Å². The van der Waals surface area contributed by atoms with Crippen LogP contribution in [-0.2, 0) is 20.4 Å². The summed E-state index contributed by atoms with van der Waals surface area (Å²) in [7, 11) is 0. The van der Waals surface area contributed by atoms with Crippen LogP contribution in [0.2, 0.25) is 0 Å². The molecule has 2 aliphatic rings. The first-order valence-corrected chi connectivity index (χ1v) is 12.7. The van der Waals surface area contributed by atoms with Crippen LogP contribution < -0.4 is 0 Å². The van der Waals surface area contributed by atoms with Crippen molar-refractivity contribution < 1.29 is 23.2 Å². The van der Waals surface area contributed by atoms with Gasteiger partial charge < -0.3 is 2.85 Å². The fourth-order valence-electron chi connectivity index (χ4n) is 1.55. The molecule has 2 heteroatoms. The molecule has 0 fully saturated rings. The zero-order valence-corrected chi connectivity index (χ0v) is 11.0. The molecule has 0 aromatic rings. The Kier molecular flexibility index (Phi) is 2.77. The molecule has 62 valence electrons. The van der Waals surface area contributed by atoms with Crippen LogP contribution in [-0.4, -0.2) is 6.88 Å². The molecule has 0 amide bonds. The predicted molar refractivity (Wildman–Crippen MR) is 54.4 cm³/mol. The van der Waals surface area contributed by atoms with Gasteiger partial charge in [0.2, 0.25) is 0 Å². The molecule has 2 rings (SSSR count). The summed E-state index contributed by atoms with van der Waals surface area (Å²) < 4.78 is 3.54. The van der Waals surface area contributed by atoms with Gasteiger partial charge in [0, 0.05) is 0 Å². The summed E-state index contributed by atoms with van der Waals surface area (Å²) in [6, 6.07) is 0. The number of hydrogen-bond acceptors (Lipinski definition) is 0. The van der Waals surface area contributed by atoms with Crippen molar-refractivity contribution in [3.05, 3.63) is 43.0 Å². The third-order valence-corrected chi connectivity index (χ3v) is 13.3. The van der Waals surface area contributed by atoms with Gasteiger partial charge in [0.25, 0.3) is 0 Å². The van der Waals surface area contributed by atoms with E-state index in [4.69, 9.17) is 0 Å². The number of rotatable bonds is 2. The molecule has 0 N–H and O–H groups in total. The Morgan fingerprint density at radius 3 is 1.92 bits per heavy atom. The summed E-state index contributed by atoms with van der Waals surface area (Å²) in [5.41, 5.74) is 0. The standard InChI is InChI=1S/2C5H5.H2Si.Zr.2H/c2*1-2-4-5-3-1;;;;/h2*1-3H,4H2;1H2;;;/q;;;+2;2*-1. The fourth-order valence-corrected chi connectivity index (χ4v) is 8.92. The van der Waals surface area contributed by atoms with Crippen molar-refractivity contribution >= 4 is 6.88 Å². The topological polar surface area (TPSA) is 0 Å². The summed E-state index contributed by atoms with van der Waals surface area (Å²) in [4.78, 5) is 0. The van der Waals surface area contributed by atoms with Gasteiger partial charge in [0.15, 0.2) is 0 Å². The van der Waals surface area contributed by atoms with Gasteiger partial charge in [0.05, 0.1) is 0 Å². The first kappa shape index (κ1) is 8.65. The Hall–Kier alpha value is 0.0600. The first-order valence-electron chi connectivity index (χ1n) is 4.29. The van der Waals surface area contributed by atoms with Gasteiger partial charge in [-0.2, -0.15) is 0 Å². The molecular formula is C10H14SiZr. The van der Waals surface area contributed by atoms with E-state index in [0.29, 0.717) is 0 Å². The molecule has 2 aliphatic carbocycles. The molecule has 0 nitrogen and oxygen atoms in total. The third-order valence-electron chi connectivity index (χ3n) is 2.32. The van der Waals surface area contributed by atoms with E-state index in [2.05, 4.69) is 43.3 Å². The molecule has 0 spiro atoms. The van der Waals surface area contributed by atoms with Crippen molar-refractivity contribution in [2.45, 2.75) is 12.8 Å². The molecular weight excluding hydrogens is 239 g/mol. The SMILES string of the molecule is [H-].[H-].[SiH2]=[Zr+2]([C]1=CC=CC1)[C]1=CC=CC1. The molecule has 0 bridgehead atoms. The van der Waals surface area contributed by atoms with Gasteiger partial charge >= 0.3 is 83.1 Å². The van der Waals surface area contributed by atoms with E-state index in [-0.39, 0.29) is 2.85 Å². The second-order valence-corrected chi connectivity index (χ2v) is 12.8. The molecule has 0 heterocycles. The van der Waals surface area contributed by atoms with Gasteiger partial charge in [0.1, 0.15) is 0 Å². The Balaban J connectivity index is 0.000000845. The molecule has 0 aromatic carbocycles. The number of allylic oxidation sites excluding steroid dienone is 8. The van der Waals surface area contributed by atoms with E-state index in [1.807, 2.05) is 0 Å². The van der Waals surface area contributed by atoms with E-state index in [1.165, 1.54) is 12.8 Å². The minimum atomic E-state index is -1.25. The van der Waals surface area contributed by atoms with E-state index in [0.717, 1.165) is 0 Å². The second-order valence-electron chi connectivity index (χ2n) is 3.13. The van der Waals surface area contributed by atoms with Crippen molar-refractivity contribution in [3.63, 3.8) is 0 Å². The van der Waals surface area contributed by atoms with Crippen molar-refractivity contribution in [1.29, 1.82) is 0 Å². The molecule has 0 atom stereocenters. The van der Waals surface area contributed by atoms with Gasteiger partial charge in [-0.05, 0) is 0 Å². The van der Waals surface area contributed by atoms with E-state index in [9.17, 15) is 0 Å². The molecule has 0 radical (unpaired) electrons. The minimum absolute atomic E-state index is 0. The van der Waals surface area contributed by atoms with E-state index >= 15 is 0 Å². The monoisotopic (exact) mass is 252 g/mol. The van der Waals surface area contributed by atoms with Crippen LogP contribution in [0.1, 0.15) is 15.7 Å². The first-order chi connectivity index (χ1) is 5.88. The van der Waals surface area contributed by atoms with Gasteiger partial charge in [-0.25, -0.2) is 0 Å². The molecule has 12 heavy (non-hydrogen) atoms. The summed E-state index contributed by atoms with van der Waals surface area (Å²) >= 11 is -1.25. The molecule has 0 aromatic heterocycles. The van der Waals surface area contributed by atoms with Crippen LogP contribution >= 0.6 is 0 Å². The molecule has 0 aliphatic heterocycles. The van der Waals surface area contributed by atoms with Crippen LogP contribution in [0.25, 0.3) is 0 Å². The molecule has 0 unspecified atom stereocenters. The summed E-state index contributed by atoms with van der Waals surface area (Å²) in [5, 5.41) is 0. The van der Waals surface area contributed by atoms with Crippen LogP contribution in [0.5, 0.6) is 0 Å². The summed E-state index contributed by atoms with van der Waals surface area (Å²) in [6.45, 7) is 2.29. The zero-order chi connectivity index (χ0) is 8.39. The normalized spacial score (nSPS) is 18.9. The van der Waals surface area contributed by atoms with Crippen LogP contribution in [0.4, 0.5) is 0 Å². The Morgan fingerprint density at radius 1 is 1.08 bits per heavy atom. The average molecular weight is 254 g/mol. The summed E-state index contributed by atoms with van der Waals surface area (Å²) in [5.74, 6) is 0. The Labute approximate surface area is 85.7 Å². The van der Waals surface area contributed by atoms with Crippen molar-refractivity contribution in [2.75, 3.05) is 0 Å². The maximum absolute atomic E-state index is 2.35. The van der Waals surface area contributed by atoms with Crippen molar-refractivity contribution in [1.82, 2.24) is 0 Å². The van der Waals surface area contributed by atoms with Gasteiger partial charge in [-0.1, -0.05) is 0 Å². The van der Waals surface area contributed by atoms with E-state index < -0.39 is 20.4 Å². The van der Waals surface area contributed by atoms with Crippen molar-refractivity contribution in [3.8, 4) is 0 Å². The van der Waals surface area contributed by atoms with Crippen LogP contribution in [0.3, 0.4) is 0 Å². The van der Waals surface area contributed by atoms with Gasteiger partial charge in [-0.15, -0.1) is 0 Å². The molecule has 0 saturated carbocycles. The Morgan fingerprint density at radius 2 is 1.58 bits per heavy atom. The van der Waals surface area contributed by atoms with Crippen LogP contribution in [0.15, 0.2) is 43.0 Å². The Bertz CT molecular complexity index is 308. The summed E-state index contributed by atoms with van der Waals surface area (Å²) in [6.07, 6.45) is 16.2. The van der Waals surface area contributed by atoms with Crippen LogP contribution in [0, 0.1) is 0 Å². The molecule has 0 saturated heterocycles. The maximum atomic E-state index is 2.35. The van der Waals surface area contributed by atoms with Gasteiger partial charge in [-0.3, -0.25) is 0 Å². The fraction of sp³-hybridized carbons (Fsp3) is 0.200.